The van der Waals surface area contributed by atoms with Crippen LogP contribution in [0, 0.1) is 0 Å². The molecular formula is C8H12O. The Kier molecular flexibility index (Phi) is 2.06. The molecule has 0 amide bonds. The summed E-state index contributed by atoms with van der Waals surface area (Å²) in [5, 5.41) is 0. The van der Waals surface area contributed by atoms with Crippen molar-refractivity contribution in [2.24, 2.45) is 0 Å². The topological polar surface area (TPSA) is 9.23 Å². The molecule has 1 rings (SSSR count). The largest absolute Gasteiger partial charge is 0.373 e. The van der Waals surface area contributed by atoms with Gasteiger partial charge in [0.2, 0.25) is 0 Å². The molecule has 0 aromatic heterocycles. The summed E-state index contributed by atoms with van der Waals surface area (Å²) in [6, 6.07) is 0. The Morgan fingerprint density at radius 1 is 1.67 bits per heavy atom. The van der Waals surface area contributed by atoms with Crippen molar-refractivity contribution in [2.45, 2.75) is 19.4 Å². The Morgan fingerprint density at radius 2 is 2.44 bits per heavy atom. The van der Waals surface area contributed by atoms with Crippen LogP contribution in [0.2, 0.25) is 0 Å². The molecule has 0 fully saturated rings. The molecule has 0 aliphatic heterocycles. The van der Waals surface area contributed by atoms with Crippen LogP contribution in [0.15, 0.2) is 23.8 Å². The first-order chi connectivity index (χ1) is 4.33. The van der Waals surface area contributed by atoms with Crippen LogP contribution in [0.5, 0.6) is 0 Å². The molecule has 1 nitrogen and oxygen atoms in total. The van der Waals surface area contributed by atoms with E-state index in [9.17, 15) is 0 Å². The maximum atomic E-state index is 5.10. The minimum absolute atomic E-state index is 0.221. The van der Waals surface area contributed by atoms with E-state index in [1.54, 1.807) is 7.11 Å². The maximum Gasteiger partial charge on any atom is 0.0936 e. The van der Waals surface area contributed by atoms with E-state index in [2.05, 4.69) is 25.2 Å². The van der Waals surface area contributed by atoms with Gasteiger partial charge in [-0.3, -0.25) is 0 Å². The van der Waals surface area contributed by atoms with Crippen molar-refractivity contribution in [1.29, 1.82) is 0 Å². The SMILES string of the molecule is COC1C=CCC(C)=C1. The van der Waals surface area contributed by atoms with Gasteiger partial charge in [0, 0.05) is 7.11 Å². The van der Waals surface area contributed by atoms with Gasteiger partial charge in [0.15, 0.2) is 0 Å². The standard InChI is InChI=1S/C8H12O/c1-7-4-3-5-8(6-7)9-2/h3,5-6,8H,4H2,1-2H3. The van der Waals surface area contributed by atoms with Crippen molar-refractivity contribution in [1.82, 2.24) is 0 Å². The molecule has 0 heterocycles. The maximum absolute atomic E-state index is 5.10. The normalized spacial score (nSPS) is 26.0. The van der Waals surface area contributed by atoms with Crippen molar-refractivity contribution >= 4 is 0 Å². The van der Waals surface area contributed by atoms with E-state index in [0.717, 1.165) is 6.42 Å². The molecular weight excluding hydrogens is 112 g/mol. The van der Waals surface area contributed by atoms with Crippen LogP contribution in [0.25, 0.3) is 0 Å². The Balaban J connectivity index is 2.55. The quantitative estimate of drug-likeness (QED) is 0.485. The summed E-state index contributed by atoms with van der Waals surface area (Å²) in [5.41, 5.74) is 1.39. The van der Waals surface area contributed by atoms with Crippen LogP contribution in [0.3, 0.4) is 0 Å². The fourth-order valence-electron chi connectivity index (χ4n) is 0.939. The van der Waals surface area contributed by atoms with E-state index in [1.807, 2.05) is 0 Å². The molecule has 0 N–H and O–H groups in total. The second-order valence-electron chi connectivity index (χ2n) is 2.35. The molecule has 0 bridgehead atoms. The Morgan fingerprint density at radius 3 is 2.89 bits per heavy atom. The number of rotatable bonds is 1. The van der Waals surface area contributed by atoms with Gasteiger partial charge in [-0.1, -0.05) is 23.8 Å². The number of allylic oxidation sites excluding steroid dienone is 2. The van der Waals surface area contributed by atoms with Gasteiger partial charge in [-0.2, -0.15) is 0 Å². The second-order valence-corrected chi connectivity index (χ2v) is 2.35. The lowest BCUT2D eigenvalue weighted by molar-refractivity contribution is 0.175. The summed E-state index contributed by atoms with van der Waals surface area (Å²) in [4.78, 5) is 0. The molecule has 0 radical (unpaired) electrons. The van der Waals surface area contributed by atoms with E-state index < -0.39 is 0 Å². The third kappa shape index (κ3) is 1.68. The Hall–Kier alpha value is -0.560. The summed E-state index contributed by atoms with van der Waals surface area (Å²) in [6.45, 7) is 2.12. The highest BCUT2D eigenvalue weighted by molar-refractivity contribution is 5.17. The van der Waals surface area contributed by atoms with Crippen molar-refractivity contribution in [2.75, 3.05) is 7.11 Å². The van der Waals surface area contributed by atoms with Gasteiger partial charge < -0.3 is 4.74 Å². The highest BCUT2D eigenvalue weighted by Gasteiger charge is 2.01. The monoisotopic (exact) mass is 124 g/mol. The molecule has 1 heteroatoms. The summed E-state index contributed by atoms with van der Waals surface area (Å²) in [6.07, 6.45) is 7.66. The van der Waals surface area contributed by atoms with Crippen molar-refractivity contribution in [3.63, 3.8) is 0 Å². The number of hydrogen-bond donors (Lipinski definition) is 0. The summed E-state index contributed by atoms with van der Waals surface area (Å²) < 4.78 is 5.10. The van der Waals surface area contributed by atoms with Gasteiger partial charge in [-0.25, -0.2) is 0 Å². The van der Waals surface area contributed by atoms with Gasteiger partial charge in [0.1, 0.15) is 0 Å². The fraction of sp³-hybridized carbons (Fsp3) is 0.500. The lowest BCUT2D eigenvalue weighted by atomic mass is 10.1. The first-order valence-corrected chi connectivity index (χ1v) is 3.19. The predicted octanol–water partition coefficient (Wildman–Crippen LogP) is 1.91. The van der Waals surface area contributed by atoms with E-state index in [4.69, 9.17) is 4.74 Å². The van der Waals surface area contributed by atoms with Crippen LogP contribution in [0.4, 0.5) is 0 Å². The number of hydrogen-bond acceptors (Lipinski definition) is 1. The summed E-state index contributed by atoms with van der Waals surface area (Å²) >= 11 is 0. The average molecular weight is 124 g/mol. The minimum Gasteiger partial charge on any atom is -0.373 e. The van der Waals surface area contributed by atoms with Crippen LogP contribution in [0.1, 0.15) is 13.3 Å². The molecule has 0 spiro atoms. The first kappa shape index (κ1) is 6.56. The van der Waals surface area contributed by atoms with Crippen LogP contribution < -0.4 is 0 Å². The summed E-state index contributed by atoms with van der Waals surface area (Å²) in [7, 11) is 1.73. The molecule has 50 valence electrons. The van der Waals surface area contributed by atoms with Gasteiger partial charge in [0.05, 0.1) is 6.10 Å². The number of ether oxygens (including phenoxy) is 1. The van der Waals surface area contributed by atoms with Gasteiger partial charge in [0.25, 0.3) is 0 Å². The van der Waals surface area contributed by atoms with Crippen molar-refractivity contribution in [3.05, 3.63) is 23.8 Å². The lowest BCUT2D eigenvalue weighted by Crippen LogP contribution is -2.05. The van der Waals surface area contributed by atoms with Crippen LogP contribution in [-0.2, 0) is 4.74 Å². The Bertz CT molecular complexity index is 145. The Labute approximate surface area is 56.0 Å². The highest BCUT2D eigenvalue weighted by Crippen LogP contribution is 2.11. The molecule has 9 heavy (non-hydrogen) atoms. The third-order valence-electron chi connectivity index (χ3n) is 1.49. The van der Waals surface area contributed by atoms with E-state index >= 15 is 0 Å². The molecule has 1 aliphatic rings. The molecule has 0 aromatic rings. The average Bonchev–Trinajstić information content (AvgIpc) is 1.88. The molecule has 0 aromatic carbocycles. The first-order valence-electron chi connectivity index (χ1n) is 3.19. The number of methoxy groups -OCH3 is 1. The fourth-order valence-corrected chi connectivity index (χ4v) is 0.939. The van der Waals surface area contributed by atoms with Gasteiger partial charge >= 0.3 is 0 Å². The summed E-state index contributed by atoms with van der Waals surface area (Å²) in [5.74, 6) is 0. The smallest absolute Gasteiger partial charge is 0.0936 e. The van der Waals surface area contributed by atoms with E-state index in [1.165, 1.54) is 5.57 Å². The zero-order chi connectivity index (χ0) is 6.69. The third-order valence-corrected chi connectivity index (χ3v) is 1.49. The van der Waals surface area contributed by atoms with Crippen LogP contribution >= 0.6 is 0 Å². The minimum atomic E-state index is 0.221. The van der Waals surface area contributed by atoms with Gasteiger partial charge in [-0.15, -0.1) is 0 Å². The van der Waals surface area contributed by atoms with Crippen molar-refractivity contribution < 1.29 is 4.74 Å². The van der Waals surface area contributed by atoms with Gasteiger partial charge in [-0.05, 0) is 13.3 Å². The molecule has 1 aliphatic carbocycles. The van der Waals surface area contributed by atoms with E-state index in [-0.39, 0.29) is 6.10 Å². The highest BCUT2D eigenvalue weighted by atomic mass is 16.5. The molecule has 0 saturated carbocycles. The lowest BCUT2D eigenvalue weighted by Gasteiger charge is -2.10. The zero-order valence-corrected chi connectivity index (χ0v) is 5.92. The molecule has 1 unspecified atom stereocenters. The van der Waals surface area contributed by atoms with Crippen LogP contribution in [-0.4, -0.2) is 13.2 Å². The second kappa shape index (κ2) is 2.83. The molecule has 0 saturated heterocycles. The van der Waals surface area contributed by atoms with Crippen molar-refractivity contribution in [3.8, 4) is 0 Å². The predicted molar refractivity (Wildman–Crippen MR) is 38.3 cm³/mol. The zero-order valence-electron chi connectivity index (χ0n) is 5.92. The van der Waals surface area contributed by atoms with E-state index in [0.29, 0.717) is 0 Å². The molecule has 1 atom stereocenters.